The number of thiazole rings is 1. The fourth-order valence-electron chi connectivity index (χ4n) is 4.25. The molecule has 1 aliphatic rings. The summed E-state index contributed by atoms with van der Waals surface area (Å²) >= 11 is 1.64. The zero-order valence-corrected chi connectivity index (χ0v) is 22.2. The number of unbranched alkanes of at least 4 members (excludes halogenated alkanes) is 2. The molecule has 1 amide bonds. The molecular weight excluding hydrogens is 476 g/mol. The van der Waals surface area contributed by atoms with Crippen LogP contribution in [0.1, 0.15) is 36.5 Å². The molecule has 1 aromatic heterocycles. The van der Waals surface area contributed by atoms with Crippen molar-refractivity contribution in [1.82, 2.24) is 15.2 Å². The largest absolute Gasteiger partial charge is 0.495 e. The molecule has 0 unspecified atom stereocenters. The molecule has 2 heterocycles. The van der Waals surface area contributed by atoms with E-state index >= 15 is 0 Å². The predicted octanol–water partition coefficient (Wildman–Crippen LogP) is 4.43. The van der Waals surface area contributed by atoms with Gasteiger partial charge in [0.15, 0.2) is 5.13 Å². The molecule has 4 rings (SSSR count). The van der Waals surface area contributed by atoms with Crippen LogP contribution in [0.5, 0.6) is 17.2 Å². The number of piperazine rings is 1. The van der Waals surface area contributed by atoms with Gasteiger partial charge in [-0.25, -0.2) is 4.98 Å². The molecule has 2 aromatic carbocycles. The number of fused-ring (bicyclic) bond motifs is 1. The number of aromatic nitrogens is 1. The number of hydrogen-bond donors (Lipinski definition) is 1. The van der Waals surface area contributed by atoms with E-state index in [-0.39, 0.29) is 5.91 Å². The van der Waals surface area contributed by atoms with E-state index in [1.165, 1.54) is 12.8 Å². The molecule has 3 aromatic rings. The van der Waals surface area contributed by atoms with Crippen LogP contribution in [0.15, 0.2) is 36.4 Å². The molecule has 0 saturated carbocycles. The Balaban J connectivity index is 1.22. The van der Waals surface area contributed by atoms with Crippen molar-refractivity contribution >= 4 is 32.6 Å². The maximum atomic E-state index is 12.5. The number of rotatable bonds is 12. The lowest BCUT2D eigenvalue weighted by Crippen LogP contribution is -2.48. The second-order valence-corrected chi connectivity index (χ2v) is 9.79. The summed E-state index contributed by atoms with van der Waals surface area (Å²) in [4.78, 5) is 22.0. The number of benzene rings is 2. The molecule has 1 aliphatic heterocycles. The van der Waals surface area contributed by atoms with Crippen LogP contribution < -0.4 is 24.4 Å². The van der Waals surface area contributed by atoms with Gasteiger partial charge in [-0.3, -0.25) is 9.69 Å². The highest BCUT2D eigenvalue weighted by molar-refractivity contribution is 7.22. The molecule has 1 saturated heterocycles. The van der Waals surface area contributed by atoms with Crippen LogP contribution in [-0.2, 0) is 0 Å². The fraction of sp³-hybridized carbons (Fsp3) is 0.481. The number of ether oxygens (including phenoxy) is 3. The molecule has 0 radical (unpaired) electrons. The van der Waals surface area contributed by atoms with Crippen molar-refractivity contribution in [2.45, 2.75) is 26.2 Å². The van der Waals surface area contributed by atoms with Crippen LogP contribution in [0.2, 0.25) is 0 Å². The first-order valence-corrected chi connectivity index (χ1v) is 13.4. The quantitative estimate of drug-likeness (QED) is 0.360. The average molecular weight is 513 g/mol. The summed E-state index contributed by atoms with van der Waals surface area (Å²) in [6, 6.07) is 11.2. The SMILES string of the molecule is CCCCCOc1ccc(C(=O)NCCN2CCN(c3nc4c(OC)ccc(OC)c4s3)CC2)cc1. The normalized spacial score (nSPS) is 14.1. The van der Waals surface area contributed by atoms with Gasteiger partial charge in [0.05, 0.1) is 20.8 Å². The molecule has 0 spiro atoms. The number of nitrogens with zero attached hydrogens (tertiary/aromatic N) is 3. The summed E-state index contributed by atoms with van der Waals surface area (Å²) in [5.41, 5.74) is 1.50. The first-order valence-electron chi connectivity index (χ1n) is 12.6. The Morgan fingerprint density at radius 1 is 1.00 bits per heavy atom. The first-order chi connectivity index (χ1) is 17.6. The van der Waals surface area contributed by atoms with Crippen LogP contribution >= 0.6 is 11.3 Å². The number of methoxy groups -OCH3 is 2. The molecular formula is C27H36N4O4S. The van der Waals surface area contributed by atoms with Crippen LogP contribution in [-0.4, -0.2) is 75.9 Å². The molecule has 1 fully saturated rings. The van der Waals surface area contributed by atoms with Gasteiger partial charge in [0.25, 0.3) is 5.91 Å². The Morgan fingerprint density at radius 2 is 1.72 bits per heavy atom. The van der Waals surface area contributed by atoms with Gasteiger partial charge in [-0.2, -0.15) is 0 Å². The highest BCUT2D eigenvalue weighted by atomic mass is 32.1. The summed E-state index contributed by atoms with van der Waals surface area (Å²) in [7, 11) is 3.34. The van der Waals surface area contributed by atoms with Gasteiger partial charge < -0.3 is 24.4 Å². The summed E-state index contributed by atoms with van der Waals surface area (Å²) in [5, 5.41) is 4.02. The topological polar surface area (TPSA) is 76.2 Å². The zero-order chi connectivity index (χ0) is 25.3. The number of carbonyl (C=O) groups is 1. The minimum Gasteiger partial charge on any atom is -0.495 e. The highest BCUT2D eigenvalue weighted by Crippen LogP contribution is 2.40. The van der Waals surface area contributed by atoms with E-state index in [0.29, 0.717) is 18.7 Å². The monoisotopic (exact) mass is 512 g/mol. The van der Waals surface area contributed by atoms with E-state index in [4.69, 9.17) is 19.2 Å². The predicted molar refractivity (Wildman–Crippen MR) is 145 cm³/mol. The van der Waals surface area contributed by atoms with Crippen LogP contribution in [0.3, 0.4) is 0 Å². The number of carbonyl (C=O) groups excluding carboxylic acids is 1. The van der Waals surface area contributed by atoms with Crippen LogP contribution in [0, 0.1) is 0 Å². The fourth-order valence-corrected chi connectivity index (χ4v) is 5.37. The number of amides is 1. The minimum atomic E-state index is -0.0523. The smallest absolute Gasteiger partial charge is 0.251 e. The third-order valence-electron chi connectivity index (χ3n) is 6.39. The van der Waals surface area contributed by atoms with Gasteiger partial charge in [0.2, 0.25) is 0 Å². The molecule has 8 nitrogen and oxygen atoms in total. The highest BCUT2D eigenvalue weighted by Gasteiger charge is 2.22. The lowest BCUT2D eigenvalue weighted by atomic mass is 10.2. The zero-order valence-electron chi connectivity index (χ0n) is 21.4. The van der Waals surface area contributed by atoms with E-state index < -0.39 is 0 Å². The number of anilines is 1. The Hall–Kier alpha value is -3.04. The van der Waals surface area contributed by atoms with E-state index in [9.17, 15) is 4.79 Å². The van der Waals surface area contributed by atoms with Gasteiger partial charge in [-0.15, -0.1) is 0 Å². The maximum absolute atomic E-state index is 12.5. The van der Waals surface area contributed by atoms with Gasteiger partial charge in [0.1, 0.15) is 27.5 Å². The van der Waals surface area contributed by atoms with Crippen molar-refractivity contribution in [3.8, 4) is 17.2 Å². The van der Waals surface area contributed by atoms with E-state index in [0.717, 1.165) is 71.7 Å². The second-order valence-electron chi connectivity index (χ2n) is 8.81. The van der Waals surface area contributed by atoms with Crippen LogP contribution in [0.25, 0.3) is 10.2 Å². The number of hydrogen-bond acceptors (Lipinski definition) is 8. The van der Waals surface area contributed by atoms with Gasteiger partial charge >= 0.3 is 0 Å². The van der Waals surface area contributed by atoms with Gasteiger partial charge in [-0.1, -0.05) is 31.1 Å². The van der Waals surface area contributed by atoms with Crippen molar-refractivity contribution in [2.75, 3.05) is 65.0 Å². The molecule has 194 valence electrons. The third kappa shape index (κ3) is 6.39. The molecule has 0 atom stereocenters. The minimum absolute atomic E-state index is 0.0523. The molecule has 0 aliphatic carbocycles. The van der Waals surface area contributed by atoms with Gasteiger partial charge in [0, 0.05) is 44.8 Å². The van der Waals surface area contributed by atoms with Crippen molar-refractivity contribution in [2.24, 2.45) is 0 Å². The Labute approximate surface area is 217 Å². The standard InChI is InChI=1S/C27H36N4O4S/c1-4-5-6-19-35-21-9-7-20(8-10-21)26(32)28-13-14-30-15-17-31(18-16-30)27-29-24-22(33-2)11-12-23(34-3)25(24)36-27/h7-12H,4-6,13-19H2,1-3H3,(H,28,32). The van der Waals surface area contributed by atoms with Gasteiger partial charge in [-0.05, 0) is 42.8 Å². The summed E-state index contributed by atoms with van der Waals surface area (Å²) in [6.45, 7) is 7.94. The molecule has 0 bridgehead atoms. The lowest BCUT2D eigenvalue weighted by molar-refractivity contribution is 0.0947. The van der Waals surface area contributed by atoms with E-state index in [2.05, 4.69) is 22.0 Å². The summed E-state index contributed by atoms with van der Waals surface area (Å²) < 4.78 is 17.7. The van der Waals surface area contributed by atoms with Crippen molar-refractivity contribution in [3.63, 3.8) is 0 Å². The molecule has 9 heteroatoms. The number of nitrogens with one attached hydrogen (secondary N) is 1. The Bertz CT molecular complexity index is 1090. The second kappa shape index (κ2) is 12.8. The summed E-state index contributed by atoms with van der Waals surface area (Å²) in [5.74, 6) is 2.34. The van der Waals surface area contributed by atoms with E-state index in [1.807, 2.05) is 36.4 Å². The maximum Gasteiger partial charge on any atom is 0.251 e. The lowest BCUT2D eigenvalue weighted by Gasteiger charge is -2.34. The van der Waals surface area contributed by atoms with E-state index in [1.54, 1.807) is 25.6 Å². The Morgan fingerprint density at radius 3 is 2.42 bits per heavy atom. The Kier molecular flexibility index (Phi) is 9.24. The molecule has 1 N–H and O–H groups in total. The third-order valence-corrected chi connectivity index (χ3v) is 7.52. The average Bonchev–Trinajstić information content (AvgIpc) is 3.37. The summed E-state index contributed by atoms with van der Waals surface area (Å²) in [6.07, 6.45) is 3.39. The van der Waals surface area contributed by atoms with Crippen molar-refractivity contribution in [3.05, 3.63) is 42.0 Å². The molecule has 36 heavy (non-hydrogen) atoms. The van der Waals surface area contributed by atoms with Crippen LogP contribution in [0.4, 0.5) is 5.13 Å². The first kappa shape index (κ1) is 26.0. The van der Waals surface area contributed by atoms with Crippen molar-refractivity contribution < 1.29 is 19.0 Å². The van der Waals surface area contributed by atoms with Crippen molar-refractivity contribution in [1.29, 1.82) is 0 Å².